The van der Waals surface area contributed by atoms with Crippen LogP contribution in [0.3, 0.4) is 0 Å². The lowest BCUT2D eigenvalue weighted by molar-refractivity contribution is 0.0942. The van der Waals surface area contributed by atoms with Crippen molar-refractivity contribution in [2.24, 2.45) is 0 Å². The zero-order chi connectivity index (χ0) is 19.2. The molecule has 0 fully saturated rings. The van der Waals surface area contributed by atoms with Crippen molar-refractivity contribution in [3.05, 3.63) is 76.6 Å². The Bertz CT molecular complexity index is 899. The number of nitrogens with one attached hydrogen (secondary N) is 1. The van der Waals surface area contributed by atoms with Crippen LogP contribution in [0, 0.1) is 0 Å². The van der Waals surface area contributed by atoms with Crippen LogP contribution in [-0.4, -0.2) is 26.0 Å². The summed E-state index contributed by atoms with van der Waals surface area (Å²) in [6.45, 7) is 4.24. The monoisotopic (exact) mass is 364 g/mol. The van der Waals surface area contributed by atoms with E-state index in [9.17, 15) is 9.90 Å². The molecule has 0 aliphatic rings. The number of aliphatic hydroxyl groups is 1. The second-order valence-corrected chi connectivity index (χ2v) is 6.32. The third-order valence-electron chi connectivity index (χ3n) is 4.51. The number of hydrogen-bond donors (Lipinski definition) is 2. The van der Waals surface area contributed by atoms with Gasteiger partial charge in [-0.15, -0.1) is 10.2 Å². The van der Waals surface area contributed by atoms with Crippen LogP contribution in [0.1, 0.15) is 46.7 Å². The Morgan fingerprint density at radius 3 is 2.04 bits per heavy atom. The van der Waals surface area contributed by atoms with E-state index in [-0.39, 0.29) is 23.9 Å². The molecule has 0 saturated carbocycles. The molecule has 1 amide bonds. The molecule has 0 unspecified atom stereocenters. The number of aromatic nitrogens is 3. The van der Waals surface area contributed by atoms with Gasteiger partial charge in [0.1, 0.15) is 5.69 Å². The average molecular weight is 364 g/mol. The van der Waals surface area contributed by atoms with Crippen molar-refractivity contribution in [3.63, 3.8) is 0 Å². The Labute approximate surface area is 158 Å². The normalized spacial score (nSPS) is 10.8. The summed E-state index contributed by atoms with van der Waals surface area (Å²) in [5.41, 5.74) is 4.62. The van der Waals surface area contributed by atoms with Gasteiger partial charge in [0, 0.05) is 6.54 Å². The van der Waals surface area contributed by atoms with Gasteiger partial charge in [-0.2, -0.15) is 4.80 Å². The Hall–Kier alpha value is -2.99. The average Bonchev–Trinajstić information content (AvgIpc) is 3.17. The molecule has 140 valence electrons. The minimum atomic E-state index is -0.352. The molecule has 3 rings (SSSR count). The molecule has 0 spiro atoms. The summed E-state index contributed by atoms with van der Waals surface area (Å²) in [6.07, 6.45) is 1.93. The van der Waals surface area contributed by atoms with Crippen molar-refractivity contribution < 1.29 is 9.90 Å². The molecule has 0 saturated heterocycles. The highest BCUT2D eigenvalue weighted by atomic mass is 16.3. The number of carbonyl (C=O) groups excluding carboxylic acids is 1. The number of aliphatic hydroxyl groups excluding tert-OH is 1. The largest absolute Gasteiger partial charge is 0.390 e. The van der Waals surface area contributed by atoms with E-state index in [4.69, 9.17) is 0 Å². The first-order chi connectivity index (χ1) is 13.1. The van der Waals surface area contributed by atoms with Crippen molar-refractivity contribution >= 4 is 5.91 Å². The molecule has 3 aromatic rings. The summed E-state index contributed by atoms with van der Waals surface area (Å²) in [4.78, 5) is 13.9. The molecule has 6 heteroatoms. The standard InChI is InChI=1S/C21H24N4O2/c1-3-15-5-7-17(8-6-15)13-22-21(27)20-19(14-26)23-25(24-20)18-11-9-16(4-2)10-12-18/h5-12,26H,3-4,13-14H2,1-2H3,(H,22,27). The first-order valence-electron chi connectivity index (χ1n) is 9.17. The summed E-state index contributed by atoms with van der Waals surface area (Å²) in [6, 6.07) is 15.9. The van der Waals surface area contributed by atoms with Crippen LogP contribution in [-0.2, 0) is 26.0 Å². The van der Waals surface area contributed by atoms with Gasteiger partial charge in [0.25, 0.3) is 5.91 Å². The van der Waals surface area contributed by atoms with E-state index in [2.05, 4.69) is 41.5 Å². The molecule has 6 nitrogen and oxygen atoms in total. The van der Waals surface area contributed by atoms with E-state index < -0.39 is 0 Å². The van der Waals surface area contributed by atoms with Gasteiger partial charge in [0.2, 0.25) is 0 Å². The SMILES string of the molecule is CCc1ccc(CNC(=O)c2nn(-c3ccc(CC)cc3)nc2CO)cc1. The summed E-state index contributed by atoms with van der Waals surface area (Å²) in [5, 5.41) is 20.9. The third kappa shape index (κ3) is 4.41. The van der Waals surface area contributed by atoms with Crippen LogP contribution in [0.5, 0.6) is 0 Å². The van der Waals surface area contributed by atoms with E-state index in [1.165, 1.54) is 15.9 Å². The van der Waals surface area contributed by atoms with Crippen molar-refractivity contribution in [2.45, 2.75) is 39.8 Å². The minimum Gasteiger partial charge on any atom is -0.390 e. The number of nitrogens with zero attached hydrogens (tertiary/aromatic N) is 3. The highest BCUT2D eigenvalue weighted by molar-refractivity contribution is 5.93. The Kier molecular flexibility index (Phi) is 5.98. The van der Waals surface area contributed by atoms with Crippen LogP contribution in [0.4, 0.5) is 0 Å². The maximum Gasteiger partial charge on any atom is 0.274 e. The van der Waals surface area contributed by atoms with Gasteiger partial charge in [0.05, 0.1) is 12.3 Å². The highest BCUT2D eigenvalue weighted by Crippen LogP contribution is 2.12. The third-order valence-corrected chi connectivity index (χ3v) is 4.51. The molecule has 1 heterocycles. The lowest BCUT2D eigenvalue weighted by Gasteiger charge is -2.05. The zero-order valence-corrected chi connectivity index (χ0v) is 15.6. The lowest BCUT2D eigenvalue weighted by atomic mass is 10.1. The van der Waals surface area contributed by atoms with E-state index in [1.807, 2.05) is 36.4 Å². The predicted octanol–water partition coefficient (Wildman–Crippen LogP) is 2.81. The van der Waals surface area contributed by atoms with E-state index in [0.717, 1.165) is 24.1 Å². The number of benzene rings is 2. The van der Waals surface area contributed by atoms with Crippen LogP contribution in [0.2, 0.25) is 0 Å². The Morgan fingerprint density at radius 2 is 1.48 bits per heavy atom. The predicted molar refractivity (Wildman–Crippen MR) is 104 cm³/mol. The van der Waals surface area contributed by atoms with E-state index in [0.29, 0.717) is 6.54 Å². The first-order valence-corrected chi connectivity index (χ1v) is 9.17. The number of rotatable bonds is 7. The molecule has 27 heavy (non-hydrogen) atoms. The topological polar surface area (TPSA) is 80.0 Å². The number of aryl methyl sites for hydroxylation is 2. The second kappa shape index (κ2) is 8.60. The molecule has 2 aromatic carbocycles. The van der Waals surface area contributed by atoms with Crippen molar-refractivity contribution in [1.82, 2.24) is 20.3 Å². The smallest absolute Gasteiger partial charge is 0.274 e. The molecule has 0 aliphatic heterocycles. The molecular formula is C21H24N4O2. The van der Waals surface area contributed by atoms with Gasteiger partial charge in [0.15, 0.2) is 5.69 Å². The second-order valence-electron chi connectivity index (χ2n) is 6.32. The zero-order valence-electron chi connectivity index (χ0n) is 15.6. The number of carbonyl (C=O) groups is 1. The Morgan fingerprint density at radius 1 is 0.926 bits per heavy atom. The van der Waals surface area contributed by atoms with Crippen molar-refractivity contribution in [2.75, 3.05) is 0 Å². The highest BCUT2D eigenvalue weighted by Gasteiger charge is 2.18. The fourth-order valence-corrected chi connectivity index (χ4v) is 2.76. The molecule has 0 radical (unpaired) electrons. The minimum absolute atomic E-state index is 0.141. The van der Waals surface area contributed by atoms with E-state index in [1.54, 1.807) is 0 Å². The Balaban J connectivity index is 1.74. The summed E-state index contributed by atoms with van der Waals surface area (Å²) < 4.78 is 0. The molecule has 2 N–H and O–H groups in total. The maximum atomic E-state index is 12.5. The van der Waals surface area contributed by atoms with Crippen LogP contribution in [0.25, 0.3) is 5.69 Å². The van der Waals surface area contributed by atoms with Gasteiger partial charge in [-0.1, -0.05) is 50.2 Å². The quantitative estimate of drug-likeness (QED) is 0.676. The van der Waals surface area contributed by atoms with Crippen molar-refractivity contribution in [3.8, 4) is 5.69 Å². The molecule has 1 aromatic heterocycles. The van der Waals surface area contributed by atoms with Gasteiger partial charge in [-0.05, 0) is 41.7 Å². The van der Waals surface area contributed by atoms with Gasteiger partial charge >= 0.3 is 0 Å². The molecule has 0 aliphatic carbocycles. The van der Waals surface area contributed by atoms with Gasteiger partial charge in [-0.25, -0.2) is 0 Å². The van der Waals surface area contributed by atoms with E-state index >= 15 is 0 Å². The summed E-state index contributed by atoms with van der Waals surface area (Å²) in [5.74, 6) is -0.352. The van der Waals surface area contributed by atoms with Crippen LogP contribution in [0.15, 0.2) is 48.5 Å². The fraction of sp³-hybridized carbons (Fsp3) is 0.286. The van der Waals surface area contributed by atoms with Crippen LogP contribution >= 0.6 is 0 Å². The number of amides is 1. The summed E-state index contributed by atoms with van der Waals surface area (Å²) >= 11 is 0. The molecule has 0 bridgehead atoms. The fourth-order valence-electron chi connectivity index (χ4n) is 2.76. The first kappa shape index (κ1) is 18.8. The summed E-state index contributed by atoms with van der Waals surface area (Å²) in [7, 11) is 0. The van der Waals surface area contributed by atoms with Gasteiger partial charge in [-0.3, -0.25) is 4.79 Å². The lowest BCUT2D eigenvalue weighted by Crippen LogP contribution is -2.24. The van der Waals surface area contributed by atoms with Crippen molar-refractivity contribution in [1.29, 1.82) is 0 Å². The van der Waals surface area contributed by atoms with Crippen LogP contribution < -0.4 is 5.32 Å². The van der Waals surface area contributed by atoms with Gasteiger partial charge < -0.3 is 10.4 Å². The molecular weight excluding hydrogens is 340 g/mol. The number of hydrogen-bond acceptors (Lipinski definition) is 4. The maximum absolute atomic E-state index is 12.5. The molecule has 0 atom stereocenters.